The van der Waals surface area contributed by atoms with Gasteiger partial charge in [-0.05, 0) is 30.7 Å². The summed E-state index contributed by atoms with van der Waals surface area (Å²) in [7, 11) is 0. The van der Waals surface area contributed by atoms with Crippen molar-refractivity contribution in [2.45, 2.75) is 12.8 Å². The van der Waals surface area contributed by atoms with Crippen LogP contribution in [0.1, 0.15) is 12.8 Å². The average Bonchev–Trinajstić information content (AvgIpc) is 2.67. The molecular formula is C18H20Cl2N4O2. The number of anilines is 1. The Labute approximate surface area is 162 Å². The van der Waals surface area contributed by atoms with Crippen molar-refractivity contribution in [2.75, 3.05) is 37.7 Å². The number of hydrogen-bond acceptors (Lipinski definition) is 5. The normalized spacial score (nSPS) is 14.4. The monoisotopic (exact) mass is 394 g/mol. The van der Waals surface area contributed by atoms with Crippen LogP contribution in [0.3, 0.4) is 0 Å². The summed E-state index contributed by atoms with van der Waals surface area (Å²) in [5.74, 6) is 1.44. The van der Waals surface area contributed by atoms with Crippen molar-refractivity contribution in [2.24, 2.45) is 0 Å². The molecule has 0 N–H and O–H groups in total. The van der Waals surface area contributed by atoms with Crippen molar-refractivity contribution in [3.8, 4) is 5.75 Å². The molecule has 0 radical (unpaired) electrons. The molecule has 0 saturated carbocycles. The van der Waals surface area contributed by atoms with Gasteiger partial charge < -0.3 is 14.5 Å². The fourth-order valence-electron chi connectivity index (χ4n) is 2.77. The van der Waals surface area contributed by atoms with Crippen molar-refractivity contribution >= 4 is 35.1 Å². The molecule has 1 aliphatic heterocycles. The maximum absolute atomic E-state index is 12.3. The Kier molecular flexibility index (Phi) is 6.52. The number of piperazine rings is 1. The van der Waals surface area contributed by atoms with Crippen LogP contribution in [0.5, 0.6) is 5.75 Å². The zero-order chi connectivity index (χ0) is 18.4. The van der Waals surface area contributed by atoms with E-state index in [0.29, 0.717) is 54.3 Å². The molecule has 26 heavy (non-hydrogen) atoms. The Bertz CT molecular complexity index is 737. The summed E-state index contributed by atoms with van der Waals surface area (Å²) in [5, 5.41) is 1.04. The molecule has 0 unspecified atom stereocenters. The molecule has 6 nitrogen and oxygen atoms in total. The Morgan fingerprint density at radius 3 is 2.54 bits per heavy atom. The lowest BCUT2D eigenvalue weighted by Crippen LogP contribution is -2.49. The molecule has 0 aliphatic carbocycles. The highest BCUT2D eigenvalue weighted by Gasteiger charge is 2.22. The topological polar surface area (TPSA) is 58.6 Å². The van der Waals surface area contributed by atoms with Gasteiger partial charge in [-0.25, -0.2) is 9.97 Å². The highest BCUT2D eigenvalue weighted by atomic mass is 35.5. The van der Waals surface area contributed by atoms with Gasteiger partial charge in [-0.1, -0.05) is 23.2 Å². The number of benzene rings is 1. The van der Waals surface area contributed by atoms with Crippen LogP contribution >= 0.6 is 23.2 Å². The van der Waals surface area contributed by atoms with Crippen molar-refractivity contribution in [3.05, 3.63) is 46.7 Å². The second-order valence-electron chi connectivity index (χ2n) is 5.94. The lowest BCUT2D eigenvalue weighted by molar-refractivity contribution is -0.131. The molecule has 2 heterocycles. The smallest absolute Gasteiger partial charge is 0.225 e. The van der Waals surface area contributed by atoms with Gasteiger partial charge in [-0.2, -0.15) is 0 Å². The molecule has 1 saturated heterocycles. The van der Waals surface area contributed by atoms with E-state index in [2.05, 4.69) is 14.9 Å². The van der Waals surface area contributed by atoms with E-state index in [9.17, 15) is 4.79 Å². The number of hydrogen-bond donors (Lipinski definition) is 0. The zero-order valence-electron chi connectivity index (χ0n) is 14.3. The second kappa shape index (κ2) is 9.05. The maximum atomic E-state index is 12.3. The van der Waals surface area contributed by atoms with E-state index >= 15 is 0 Å². The summed E-state index contributed by atoms with van der Waals surface area (Å²) >= 11 is 11.9. The standard InChI is InChI=1S/C18H20Cl2N4O2/c19-14-4-5-16(15(20)13-14)26-12-1-3-17(25)23-8-10-24(11-9-23)18-21-6-2-7-22-18/h2,4-7,13H,1,3,8-12H2. The molecule has 1 aromatic carbocycles. The van der Waals surface area contributed by atoms with Crippen LogP contribution in [0.2, 0.25) is 10.0 Å². The Balaban J connectivity index is 1.38. The summed E-state index contributed by atoms with van der Waals surface area (Å²) < 4.78 is 5.62. The third kappa shape index (κ3) is 4.99. The van der Waals surface area contributed by atoms with Gasteiger partial charge in [-0.3, -0.25) is 4.79 Å². The number of halogens is 2. The SMILES string of the molecule is O=C(CCCOc1ccc(Cl)cc1Cl)N1CCN(c2ncccn2)CC1. The zero-order valence-corrected chi connectivity index (χ0v) is 15.8. The third-order valence-corrected chi connectivity index (χ3v) is 4.68. The molecule has 3 rings (SSSR count). The number of rotatable bonds is 6. The van der Waals surface area contributed by atoms with Crippen LogP contribution in [-0.4, -0.2) is 53.6 Å². The second-order valence-corrected chi connectivity index (χ2v) is 6.79. The van der Waals surface area contributed by atoms with E-state index in [4.69, 9.17) is 27.9 Å². The number of nitrogens with zero attached hydrogens (tertiary/aromatic N) is 4. The first-order valence-corrected chi connectivity index (χ1v) is 9.26. The van der Waals surface area contributed by atoms with E-state index in [1.807, 2.05) is 4.90 Å². The summed E-state index contributed by atoms with van der Waals surface area (Å²) in [6.45, 7) is 3.28. The van der Waals surface area contributed by atoms with Gasteiger partial charge >= 0.3 is 0 Å². The van der Waals surface area contributed by atoms with E-state index in [-0.39, 0.29) is 5.91 Å². The Morgan fingerprint density at radius 1 is 1.12 bits per heavy atom. The minimum absolute atomic E-state index is 0.143. The molecule has 2 aromatic rings. The minimum atomic E-state index is 0.143. The molecule has 0 bridgehead atoms. The lowest BCUT2D eigenvalue weighted by atomic mass is 10.2. The summed E-state index contributed by atoms with van der Waals surface area (Å²) in [4.78, 5) is 24.8. The molecular weight excluding hydrogens is 375 g/mol. The minimum Gasteiger partial charge on any atom is -0.492 e. The molecule has 1 aliphatic rings. The Morgan fingerprint density at radius 2 is 1.85 bits per heavy atom. The highest BCUT2D eigenvalue weighted by molar-refractivity contribution is 6.35. The van der Waals surface area contributed by atoms with Crippen LogP contribution in [0.4, 0.5) is 5.95 Å². The molecule has 1 aromatic heterocycles. The third-order valence-electron chi connectivity index (χ3n) is 4.15. The van der Waals surface area contributed by atoms with E-state index in [0.717, 1.165) is 13.1 Å². The largest absolute Gasteiger partial charge is 0.492 e. The number of aromatic nitrogens is 2. The van der Waals surface area contributed by atoms with Gasteiger partial charge in [0.1, 0.15) is 5.75 Å². The summed E-state index contributed by atoms with van der Waals surface area (Å²) in [5.41, 5.74) is 0. The maximum Gasteiger partial charge on any atom is 0.225 e. The van der Waals surface area contributed by atoms with Crippen LogP contribution in [0, 0.1) is 0 Å². The first-order chi connectivity index (χ1) is 12.6. The van der Waals surface area contributed by atoms with Crippen LogP contribution in [-0.2, 0) is 4.79 Å². The molecule has 138 valence electrons. The molecule has 0 atom stereocenters. The van der Waals surface area contributed by atoms with Gasteiger partial charge in [0, 0.05) is 50.0 Å². The van der Waals surface area contributed by atoms with Gasteiger partial charge in [0.05, 0.1) is 11.6 Å². The number of carbonyl (C=O) groups excluding carboxylic acids is 1. The molecule has 8 heteroatoms. The van der Waals surface area contributed by atoms with Gasteiger partial charge in [0.25, 0.3) is 0 Å². The fourth-order valence-corrected chi connectivity index (χ4v) is 3.23. The fraction of sp³-hybridized carbons (Fsp3) is 0.389. The van der Waals surface area contributed by atoms with Gasteiger partial charge in [-0.15, -0.1) is 0 Å². The van der Waals surface area contributed by atoms with E-state index in [1.54, 1.807) is 36.7 Å². The van der Waals surface area contributed by atoms with Crippen molar-refractivity contribution in [1.29, 1.82) is 0 Å². The average molecular weight is 395 g/mol. The first kappa shape index (κ1) is 18.7. The predicted molar refractivity (Wildman–Crippen MR) is 102 cm³/mol. The first-order valence-electron chi connectivity index (χ1n) is 8.51. The van der Waals surface area contributed by atoms with Crippen LogP contribution in [0.25, 0.3) is 0 Å². The van der Waals surface area contributed by atoms with E-state index in [1.165, 1.54) is 0 Å². The molecule has 1 amide bonds. The van der Waals surface area contributed by atoms with Gasteiger partial charge in [0.2, 0.25) is 11.9 Å². The number of ether oxygens (including phenoxy) is 1. The number of carbonyl (C=O) groups is 1. The predicted octanol–water partition coefficient (Wildman–Crippen LogP) is 3.29. The quantitative estimate of drug-likeness (QED) is 0.703. The van der Waals surface area contributed by atoms with Crippen molar-refractivity contribution in [3.63, 3.8) is 0 Å². The molecule has 1 fully saturated rings. The summed E-state index contributed by atoms with van der Waals surface area (Å²) in [6, 6.07) is 6.89. The highest BCUT2D eigenvalue weighted by Crippen LogP contribution is 2.27. The van der Waals surface area contributed by atoms with E-state index < -0.39 is 0 Å². The van der Waals surface area contributed by atoms with Crippen molar-refractivity contribution < 1.29 is 9.53 Å². The van der Waals surface area contributed by atoms with Crippen LogP contribution in [0.15, 0.2) is 36.7 Å². The number of amides is 1. The van der Waals surface area contributed by atoms with Crippen LogP contribution < -0.4 is 9.64 Å². The van der Waals surface area contributed by atoms with Gasteiger partial charge in [0.15, 0.2) is 0 Å². The Hall–Kier alpha value is -2.05. The lowest BCUT2D eigenvalue weighted by Gasteiger charge is -2.34. The van der Waals surface area contributed by atoms with Crippen molar-refractivity contribution in [1.82, 2.24) is 14.9 Å². The summed E-state index contributed by atoms with van der Waals surface area (Å²) in [6.07, 6.45) is 4.55. The molecule has 0 spiro atoms.